The van der Waals surface area contributed by atoms with Gasteiger partial charge in [0.25, 0.3) is 5.97 Å². The van der Waals surface area contributed by atoms with Crippen LogP contribution in [0, 0.1) is 12.8 Å². The molecule has 0 aliphatic carbocycles. The molecule has 0 fully saturated rings. The van der Waals surface area contributed by atoms with Crippen LogP contribution in [-0.4, -0.2) is 24.2 Å². The molecule has 74 valence electrons. The summed E-state index contributed by atoms with van der Waals surface area (Å²) < 4.78 is 4.27. The Labute approximate surface area is 78.2 Å². The topological polar surface area (TPSA) is 63.6 Å². The van der Waals surface area contributed by atoms with Gasteiger partial charge in [-0.25, -0.2) is 4.79 Å². The second-order valence-electron chi connectivity index (χ2n) is 1.79. The monoisotopic (exact) mass is 186 g/mol. The number of aliphatic carboxylic acids is 1. The molecule has 0 radical (unpaired) electrons. The lowest BCUT2D eigenvalue weighted by atomic mass is 10.4. The fourth-order valence-electron chi connectivity index (χ4n) is 0.174. The van der Waals surface area contributed by atoms with Crippen molar-refractivity contribution in [1.29, 1.82) is 0 Å². The molecule has 0 bridgehead atoms. The van der Waals surface area contributed by atoms with Crippen molar-refractivity contribution in [1.82, 2.24) is 0 Å². The van der Waals surface area contributed by atoms with Crippen LogP contribution < -0.4 is 0 Å². The Morgan fingerprint density at radius 3 is 1.54 bits per heavy atom. The summed E-state index contributed by atoms with van der Waals surface area (Å²) >= 11 is 0. The molecule has 1 N–H and O–H groups in total. The summed E-state index contributed by atoms with van der Waals surface area (Å²) in [6, 6.07) is 0. The first-order valence-corrected chi connectivity index (χ1v) is 3.18. The molecular weight excluding hydrogens is 172 g/mol. The molecule has 0 saturated carbocycles. The van der Waals surface area contributed by atoms with Crippen molar-refractivity contribution in [3.8, 4) is 12.8 Å². The number of hydrogen-bond donors (Lipinski definition) is 1. The Kier molecular flexibility index (Phi) is 17.2. The quantitative estimate of drug-likeness (QED) is 0.378. The second kappa shape index (κ2) is 12.9. The van der Waals surface area contributed by atoms with Crippen molar-refractivity contribution < 1.29 is 19.4 Å². The predicted molar refractivity (Wildman–Crippen MR) is 50.0 cm³/mol. The molecule has 4 nitrogen and oxygen atoms in total. The van der Waals surface area contributed by atoms with Gasteiger partial charge in [0, 0.05) is 12.5 Å². The summed E-state index contributed by atoms with van der Waals surface area (Å²) in [5, 5.41) is 7.42. The third-order valence-electron chi connectivity index (χ3n) is 0.534. The Hall–Kier alpha value is -1.76. The lowest BCUT2D eigenvalue weighted by molar-refractivity contribution is -0.136. The minimum absolute atomic E-state index is 0.347. The summed E-state index contributed by atoms with van der Waals surface area (Å²) in [4.78, 5) is 19.2. The SMILES string of the molecule is C#C.C=C(C)C(=O)OC.CC(=O)O. The van der Waals surface area contributed by atoms with Gasteiger partial charge in [0.05, 0.1) is 7.11 Å². The van der Waals surface area contributed by atoms with E-state index in [1.165, 1.54) is 7.11 Å². The smallest absolute Gasteiger partial charge is 0.332 e. The normalized spacial score (nSPS) is 6.23. The van der Waals surface area contributed by atoms with Gasteiger partial charge in [0.2, 0.25) is 0 Å². The predicted octanol–water partition coefficient (Wildman–Crippen LogP) is 1.08. The van der Waals surface area contributed by atoms with Crippen molar-refractivity contribution in [2.24, 2.45) is 0 Å². The van der Waals surface area contributed by atoms with Gasteiger partial charge in [0.15, 0.2) is 0 Å². The van der Waals surface area contributed by atoms with Crippen LogP contribution in [0.3, 0.4) is 0 Å². The summed E-state index contributed by atoms with van der Waals surface area (Å²) in [6.07, 6.45) is 8.00. The van der Waals surface area contributed by atoms with Crippen molar-refractivity contribution in [2.75, 3.05) is 7.11 Å². The van der Waals surface area contributed by atoms with Gasteiger partial charge in [0.1, 0.15) is 0 Å². The first-order valence-electron chi connectivity index (χ1n) is 3.18. The lowest BCUT2D eigenvalue weighted by Crippen LogP contribution is -1.98. The van der Waals surface area contributed by atoms with E-state index in [1.54, 1.807) is 6.92 Å². The Bertz CT molecular complexity index is 187. The van der Waals surface area contributed by atoms with E-state index in [9.17, 15) is 4.79 Å². The molecule has 0 aliphatic rings. The van der Waals surface area contributed by atoms with E-state index in [-0.39, 0.29) is 5.97 Å². The van der Waals surface area contributed by atoms with Crippen LogP contribution >= 0.6 is 0 Å². The largest absolute Gasteiger partial charge is 0.481 e. The zero-order chi connectivity index (χ0) is 11.4. The lowest BCUT2D eigenvalue weighted by Gasteiger charge is -1.91. The van der Waals surface area contributed by atoms with Crippen molar-refractivity contribution >= 4 is 11.9 Å². The van der Waals surface area contributed by atoms with Gasteiger partial charge < -0.3 is 9.84 Å². The van der Waals surface area contributed by atoms with Crippen LogP contribution in [0.5, 0.6) is 0 Å². The highest BCUT2D eigenvalue weighted by Gasteiger charge is 1.95. The fourth-order valence-corrected chi connectivity index (χ4v) is 0.174. The van der Waals surface area contributed by atoms with E-state index >= 15 is 0 Å². The Morgan fingerprint density at radius 2 is 1.54 bits per heavy atom. The summed E-state index contributed by atoms with van der Waals surface area (Å²) in [6.45, 7) is 6.04. The highest BCUT2D eigenvalue weighted by Crippen LogP contribution is 1.87. The minimum atomic E-state index is -0.833. The summed E-state index contributed by atoms with van der Waals surface area (Å²) in [5.41, 5.74) is 0.433. The summed E-state index contributed by atoms with van der Waals surface area (Å²) in [7, 11) is 1.33. The van der Waals surface area contributed by atoms with Gasteiger partial charge >= 0.3 is 5.97 Å². The molecule has 0 amide bonds. The van der Waals surface area contributed by atoms with Crippen molar-refractivity contribution in [3.05, 3.63) is 12.2 Å². The molecule has 13 heavy (non-hydrogen) atoms. The number of rotatable bonds is 1. The number of terminal acetylenes is 1. The second-order valence-corrected chi connectivity index (χ2v) is 1.79. The fraction of sp³-hybridized carbons (Fsp3) is 0.333. The molecule has 0 spiro atoms. The average Bonchev–Trinajstić information content (AvgIpc) is 2.05. The molecule has 0 atom stereocenters. The molecule has 0 saturated heterocycles. The number of carboxylic acid groups (broad SMARTS) is 1. The maximum absolute atomic E-state index is 10.2. The Balaban J connectivity index is -0.000000142. The maximum Gasteiger partial charge on any atom is 0.332 e. The average molecular weight is 186 g/mol. The minimum Gasteiger partial charge on any atom is -0.481 e. The maximum atomic E-state index is 10.2. The summed E-state index contributed by atoms with van der Waals surface area (Å²) in [5.74, 6) is -1.18. The van der Waals surface area contributed by atoms with Crippen LogP contribution in [0.15, 0.2) is 12.2 Å². The van der Waals surface area contributed by atoms with Gasteiger partial charge in [-0.15, -0.1) is 12.8 Å². The number of carbonyl (C=O) groups is 2. The highest BCUT2D eigenvalue weighted by molar-refractivity contribution is 5.86. The van der Waals surface area contributed by atoms with Crippen LogP contribution in [0.2, 0.25) is 0 Å². The third-order valence-corrected chi connectivity index (χ3v) is 0.534. The van der Waals surface area contributed by atoms with E-state index in [4.69, 9.17) is 9.90 Å². The van der Waals surface area contributed by atoms with Crippen LogP contribution in [0.4, 0.5) is 0 Å². The van der Waals surface area contributed by atoms with Gasteiger partial charge in [-0.05, 0) is 6.92 Å². The first kappa shape index (κ1) is 17.4. The number of ether oxygens (including phenoxy) is 1. The third kappa shape index (κ3) is 38.7. The molecule has 0 aromatic heterocycles. The number of hydrogen-bond acceptors (Lipinski definition) is 3. The molecule has 0 heterocycles. The zero-order valence-corrected chi connectivity index (χ0v) is 8.03. The van der Waals surface area contributed by atoms with E-state index in [0.717, 1.165) is 6.92 Å². The molecule has 4 heteroatoms. The molecule has 0 aromatic rings. The Morgan fingerprint density at radius 1 is 1.31 bits per heavy atom. The molecule has 0 rings (SSSR count). The van der Waals surface area contributed by atoms with Gasteiger partial charge in [-0.1, -0.05) is 6.58 Å². The van der Waals surface area contributed by atoms with Crippen molar-refractivity contribution in [3.63, 3.8) is 0 Å². The first-order chi connectivity index (χ1) is 5.91. The van der Waals surface area contributed by atoms with Crippen LogP contribution in [0.1, 0.15) is 13.8 Å². The van der Waals surface area contributed by atoms with Crippen LogP contribution in [0.25, 0.3) is 0 Å². The van der Waals surface area contributed by atoms with E-state index in [1.807, 2.05) is 0 Å². The number of esters is 1. The number of methoxy groups -OCH3 is 1. The number of carbonyl (C=O) groups excluding carboxylic acids is 1. The number of carboxylic acids is 1. The zero-order valence-electron chi connectivity index (χ0n) is 8.03. The van der Waals surface area contributed by atoms with Gasteiger partial charge in [-0.3, -0.25) is 4.79 Å². The molecular formula is C9H14O4. The standard InChI is InChI=1S/C5H8O2.C2H4O2.C2H2/c1-4(2)5(6)7-3;1-2(3)4;1-2/h1H2,2-3H3;1H3,(H,3,4);1-2H. The van der Waals surface area contributed by atoms with Crippen LogP contribution in [-0.2, 0) is 14.3 Å². The highest BCUT2D eigenvalue weighted by atomic mass is 16.5. The van der Waals surface area contributed by atoms with Crippen molar-refractivity contribution in [2.45, 2.75) is 13.8 Å². The van der Waals surface area contributed by atoms with E-state index in [0.29, 0.717) is 5.57 Å². The molecule has 0 aliphatic heterocycles. The van der Waals surface area contributed by atoms with E-state index in [2.05, 4.69) is 24.2 Å². The van der Waals surface area contributed by atoms with E-state index < -0.39 is 5.97 Å². The van der Waals surface area contributed by atoms with Gasteiger partial charge in [-0.2, -0.15) is 0 Å². The molecule has 0 unspecified atom stereocenters. The molecule has 0 aromatic carbocycles.